The largest absolute Gasteiger partial charge is 0.480 e. The number of nitriles is 2. The fourth-order valence-electron chi connectivity index (χ4n) is 0.206. The van der Waals surface area contributed by atoms with Crippen molar-refractivity contribution >= 4 is 11.9 Å². The summed E-state index contributed by atoms with van der Waals surface area (Å²) in [7, 11) is 0. The highest BCUT2D eigenvalue weighted by Crippen LogP contribution is 1.88. The van der Waals surface area contributed by atoms with Gasteiger partial charge in [0, 0.05) is 6.08 Å². The lowest BCUT2D eigenvalue weighted by Gasteiger charge is -1.79. The molecular weight excluding hydrogens is 192 g/mol. The molecule has 0 saturated heterocycles. The Labute approximate surface area is 78.7 Å². The fraction of sp³-hybridized carbons (Fsp3) is 0.143. The topological polar surface area (TPSA) is 142 Å². The van der Waals surface area contributed by atoms with Crippen molar-refractivity contribution in [1.82, 2.24) is 0 Å². The van der Waals surface area contributed by atoms with Crippen LogP contribution < -0.4 is 0 Å². The van der Waals surface area contributed by atoms with Gasteiger partial charge in [-0.3, -0.25) is 0 Å². The van der Waals surface area contributed by atoms with Crippen LogP contribution in [0.5, 0.6) is 0 Å². The van der Waals surface area contributed by atoms with Gasteiger partial charge in [0.1, 0.15) is 18.2 Å². The average molecular weight is 198 g/mol. The first kappa shape index (κ1) is 14.2. The first-order chi connectivity index (χ1) is 6.49. The summed E-state index contributed by atoms with van der Waals surface area (Å²) in [6.07, 6.45) is 0.683. The van der Waals surface area contributed by atoms with E-state index in [2.05, 4.69) is 0 Å². The molecule has 14 heavy (non-hydrogen) atoms. The predicted molar refractivity (Wildman–Crippen MR) is 41.7 cm³/mol. The van der Waals surface area contributed by atoms with Crippen LogP contribution >= 0.6 is 0 Å². The Kier molecular flexibility index (Phi) is 8.81. The number of rotatable bonds is 2. The molecule has 0 saturated carbocycles. The van der Waals surface area contributed by atoms with Crippen molar-refractivity contribution in [1.29, 1.82) is 10.5 Å². The molecule has 0 rings (SSSR count). The molecule has 7 heteroatoms. The number of hydrogen-bond donors (Lipinski definition) is 3. The lowest BCUT2D eigenvalue weighted by Crippen LogP contribution is -1.98. The van der Waals surface area contributed by atoms with E-state index in [1.165, 1.54) is 12.1 Å². The van der Waals surface area contributed by atoms with Crippen molar-refractivity contribution in [3.63, 3.8) is 0 Å². The van der Waals surface area contributed by atoms with Gasteiger partial charge in [0.25, 0.3) is 0 Å². The van der Waals surface area contributed by atoms with E-state index in [9.17, 15) is 4.79 Å². The lowest BCUT2D eigenvalue weighted by molar-refractivity contribution is -0.140. The number of aliphatic hydroxyl groups is 1. The van der Waals surface area contributed by atoms with Gasteiger partial charge in [-0.1, -0.05) is 0 Å². The van der Waals surface area contributed by atoms with E-state index in [4.69, 9.17) is 30.6 Å². The van der Waals surface area contributed by atoms with Gasteiger partial charge in [-0.25, -0.2) is 9.59 Å². The summed E-state index contributed by atoms with van der Waals surface area (Å²) in [6.45, 7) is -0.778. The Morgan fingerprint density at radius 1 is 1.29 bits per heavy atom. The quantitative estimate of drug-likeness (QED) is 0.385. The van der Waals surface area contributed by atoms with Crippen LogP contribution in [0.15, 0.2) is 11.6 Å². The molecule has 7 nitrogen and oxygen atoms in total. The standard InChI is InChI=1S/C5H2N2O2.C2H4O3/c6-2-1-4(3-7)5(8)9;3-1-2(4)5/h1H,(H,8,9);3H,1H2,(H,4,5). The highest BCUT2D eigenvalue weighted by Gasteiger charge is 2.02. The van der Waals surface area contributed by atoms with Gasteiger partial charge in [-0.05, 0) is 0 Å². The van der Waals surface area contributed by atoms with Gasteiger partial charge in [0.05, 0.1) is 6.07 Å². The first-order valence-corrected chi connectivity index (χ1v) is 3.05. The minimum absolute atomic E-state index is 0.544. The second-order valence-corrected chi connectivity index (χ2v) is 1.66. The normalized spacial score (nSPS) is 8.64. The Hall–Kier alpha value is -2.38. The molecule has 0 unspecified atom stereocenters. The summed E-state index contributed by atoms with van der Waals surface area (Å²) >= 11 is 0. The number of carboxylic acid groups (broad SMARTS) is 2. The molecular formula is C7H6N2O5. The van der Waals surface area contributed by atoms with Crippen LogP contribution in [0.25, 0.3) is 0 Å². The Balaban J connectivity index is 0. The first-order valence-electron chi connectivity index (χ1n) is 3.05. The van der Waals surface area contributed by atoms with Crippen LogP contribution in [0, 0.1) is 22.7 Å². The van der Waals surface area contributed by atoms with Crippen LogP contribution in [0.3, 0.4) is 0 Å². The Bertz CT molecular complexity index is 320. The number of carbonyl (C=O) groups is 2. The SMILES string of the molecule is N#CC=C(C#N)C(=O)O.O=C(O)CO. The molecule has 0 fully saturated rings. The van der Waals surface area contributed by atoms with Crippen molar-refractivity contribution in [2.24, 2.45) is 0 Å². The molecule has 0 aromatic carbocycles. The smallest absolute Gasteiger partial charge is 0.347 e. The molecule has 3 N–H and O–H groups in total. The van der Waals surface area contributed by atoms with Crippen molar-refractivity contribution in [2.75, 3.05) is 6.61 Å². The number of aliphatic carboxylic acids is 2. The van der Waals surface area contributed by atoms with Crippen molar-refractivity contribution in [3.05, 3.63) is 11.6 Å². The van der Waals surface area contributed by atoms with Gasteiger partial charge >= 0.3 is 11.9 Å². The Morgan fingerprint density at radius 3 is 1.79 bits per heavy atom. The van der Waals surface area contributed by atoms with E-state index in [1.54, 1.807) is 0 Å². The summed E-state index contributed by atoms with van der Waals surface area (Å²) in [4.78, 5) is 19.0. The maximum Gasteiger partial charge on any atom is 0.347 e. The Morgan fingerprint density at radius 2 is 1.71 bits per heavy atom. The number of allylic oxidation sites excluding steroid dienone is 1. The molecule has 74 valence electrons. The van der Waals surface area contributed by atoms with E-state index in [0.29, 0.717) is 6.08 Å². The zero-order valence-corrected chi connectivity index (χ0v) is 6.84. The van der Waals surface area contributed by atoms with Crippen LogP contribution in [0.4, 0.5) is 0 Å². The molecule has 0 spiro atoms. The lowest BCUT2D eigenvalue weighted by atomic mass is 10.3. The summed E-state index contributed by atoms with van der Waals surface area (Å²) in [6, 6.07) is 2.78. The van der Waals surface area contributed by atoms with Crippen LogP contribution in [0.2, 0.25) is 0 Å². The number of aliphatic hydroxyl groups excluding tert-OH is 1. The number of carboxylic acids is 2. The summed E-state index contributed by atoms with van der Waals surface area (Å²) < 4.78 is 0. The molecule has 0 atom stereocenters. The molecule has 0 radical (unpaired) electrons. The predicted octanol–water partition coefficient (Wildman–Crippen LogP) is -0.892. The monoisotopic (exact) mass is 198 g/mol. The highest BCUT2D eigenvalue weighted by molar-refractivity contribution is 5.91. The fourth-order valence-corrected chi connectivity index (χ4v) is 0.206. The third kappa shape index (κ3) is 9.62. The van der Waals surface area contributed by atoms with Crippen molar-refractivity contribution < 1.29 is 24.9 Å². The van der Waals surface area contributed by atoms with Crippen LogP contribution in [0.1, 0.15) is 0 Å². The van der Waals surface area contributed by atoms with Gasteiger partial charge in [0.2, 0.25) is 0 Å². The van der Waals surface area contributed by atoms with Crippen LogP contribution in [-0.4, -0.2) is 33.9 Å². The van der Waals surface area contributed by atoms with E-state index in [1.807, 2.05) is 0 Å². The molecule has 0 aliphatic carbocycles. The minimum atomic E-state index is -1.38. The second kappa shape index (κ2) is 8.71. The van der Waals surface area contributed by atoms with E-state index < -0.39 is 24.1 Å². The van der Waals surface area contributed by atoms with Gasteiger partial charge in [0.15, 0.2) is 0 Å². The average Bonchev–Trinajstić information content (AvgIpc) is 2.14. The zero-order chi connectivity index (χ0) is 11.6. The number of hydrogen-bond acceptors (Lipinski definition) is 5. The maximum absolute atomic E-state index is 9.88. The molecule has 0 heterocycles. The third-order valence-corrected chi connectivity index (χ3v) is 0.695. The molecule has 0 aromatic rings. The highest BCUT2D eigenvalue weighted by atomic mass is 16.4. The van der Waals surface area contributed by atoms with E-state index >= 15 is 0 Å². The molecule has 0 bridgehead atoms. The van der Waals surface area contributed by atoms with Gasteiger partial charge in [-0.15, -0.1) is 0 Å². The summed E-state index contributed by atoms with van der Waals surface area (Å²) in [5.41, 5.74) is -0.544. The van der Waals surface area contributed by atoms with Crippen molar-refractivity contribution in [3.8, 4) is 12.1 Å². The summed E-state index contributed by atoms with van der Waals surface area (Å²) in [5, 5.41) is 38.9. The molecule has 0 aliphatic rings. The van der Waals surface area contributed by atoms with Crippen molar-refractivity contribution in [2.45, 2.75) is 0 Å². The third-order valence-electron chi connectivity index (χ3n) is 0.695. The number of nitrogens with zero attached hydrogens (tertiary/aromatic N) is 2. The van der Waals surface area contributed by atoms with E-state index in [0.717, 1.165) is 0 Å². The van der Waals surface area contributed by atoms with Gasteiger partial charge in [-0.2, -0.15) is 10.5 Å². The maximum atomic E-state index is 9.88. The van der Waals surface area contributed by atoms with Crippen LogP contribution in [-0.2, 0) is 9.59 Å². The molecule has 0 aromatic heterocycles. The summed E-state index contributed by atoms with van der Waals surface area (Å²) in [5.74, 6) is -2.57. The second-order valence-electron chi connectivity index (χ2n) is 1.66. The zero-order valence-electron chi connectivity index (χ0n) is 6.84. The van der Waals surface area contributed by atoms with Gasteiger partial charge < -0.3 is 15.3 Å². The molecule has 0 aliphatic heterocycles. The minimum Gasteiger partial charge on any atom is -0.480 e. The van der Waals surface area contributed by atoms with E-state index in [-0.39, 0.29) is 0 Å². The molecule has 0 amide bonds.